The maximum Gasteiger partial charge on any atom is 0.343 e. The van der Waals surface area contributed by atoms with Crippen molar-refractivity contribution in [3.05, 3.63) is 123 Å². The molecule has 0 saturated heterocycles. The Morgan fingerprint density at radius 2 is 1.43 bits per heavy atom. The Hall–Kier alpha value is -4.76. The first kappa shape index (κ1) is 28.3. The number of benzene rings is 4. The molecule has 0 saturated carbocycles. The van der Waals surface area contributed by atoms with Crippen molar-refractivity contribution in [2.45, 2.75) is 13.8 Å². The number of carbonyl (C=O) groups is 3. The van der Waals surface area contributed by atoms with Crippen LogP contribution in [0.5, 0.6) is 11.5 Å². The van der Waals surface area contributed by atoms with Gasteiger partial charge in [0, 0.05) is 21.3 Å². The largest absolute Gasteiger partial charge is 0.490 e. The zero-order valence-corrected chi connectivity index (χ0v) is 23.4. The summed E-state index contributed by atoms with van der Waals surface area (Å²) in [7, 11) is 0. The number of hydrogen-bond acceptors (Lipinski definition) is 6. The summed E-state index contributed by atoms with van der Waals surface area (Å²) >= 11 is 3.34. The number of esters is 1. The summed E-state index contributed by atoms with van der Waals surface area (Å²) in [4.78, 5) is 37.4. The second-order valence-corrected chi connectivity index (χ2v) is 9.55. The fourth-order valence-electron chi connectivity index (χ4n) is 3.55. The normalized spacial score (nSPS) is 10.7. The van der Waals surface area contributed by atoms with Crippen molar-refractivity contribution in [2.75, 3.05) is 11.9 Å². The number of aryl methyl sites for hydroxylation is 1. The van der Waals surface area contributed by atoms with Gasteiger partial charge in [0.1, 0.15) is 0 Å². The van der Waals surface area contributed by atoms with Gasteiger partial charge in [-0.25, -0.2) is 10.2 Å². The van der Waals surface area contributed by atoms with E-state index >= 15 is 0 Å². The first-order valence-electron chi connectivity index (χ1n) is 12.4. The molecule has 0 aliphatic carbocycles. The summed E-state index contributed by atoms with van der Waals surface area (Å²) in [5.41, 5.74) is 6.06. The molecule has 0 radical (unpaired) electrons. The molecule has 0 aliphatic heterocycles. The van der Waals surface area contributed by atoms with Crippen molar-refractivity contribution in [3.63, 3.8) is 0 Å². The number of nitrogens with zero attached hydrogens (tertiary/aromatic N) is 1. The molecule has 2 amide bonds. The van der Waals surface area contributed by atoms with Crippen LogP contribution >= 0.6 is 15.9 Å². The molecule has 0 aromatic heterocycles. The summed E-state index contributed by atoms with van der Waals surface area (Å²) in [6.07, 6.45) is 1.46. The molecule has 0 bridgehead atoms. The van der Waals surface area contributed by atoms with Crippen LogP contribution in [0.1, 0.15) is 49.1 Å². The summed E-state index contributed by atoms with van der Waals surface area (Å²) in [5.74, 6) is -0.528. The van der Waals surface area contributed by atoms with Gasteiger partial charge < -0.3 is 14.8 Å². The monoisotopic (exact) mass is 599 g/mol. The van der Waals surface area contributed by atoms with Gasteiger partial charge in [0.05, 0.1) is 18.4 Å². The highest BCUT2D eigenvalue weighted by molar-refractivity contribution is 9.10. The molecule has 0 atom stereocenters. The Morgan fingerprint density at radius 3 is 2.10 bits per heavy atom. The van der Waals surface area contributed by atoms with Gasteiger partial charge >= 0.3 is 5.97 Å². The molecule has 4 rings (SSSR count). The van der Waals surface area contributed by atoms with Crippen LogP contribution in [-0.2, 0) is 0 Å². The maximum atomic E-state index is 12.5. The van der Waals surface area contributed by atoms with Crippen molar-refractivity contribution in [2.24, 2.45) is 5.10 Å². The minimum atomic E-state index is -0.511. The molecule has 0 spiro atoms. The minimum absolute atomic E-state index is 0.234. The fourth-order valence-corrected chi connectivity index (χ4v) is 3.81. The lowest BCUT2D eigenvalue weighted by atomic mass is 10.1. The standard InChI is InChI=1S/C31H26BrN3O5/c1-3-39-28-18-21(6-17-27(28)40-31(38)24-9-13-25(32)14-10-24)19-33-35-30(37)23-11-15-26(16-12-23)34-29(36)22-7-4-20(2)5-8-22/h4-19H,3H2,1-2H3,(H,34,36)(H,35,37)/b33-19-. The Bertz CT molecular complexity index is 1530. The maximum absolute atomic E-state index is 12.5. The van der Waals surface area contributed by atoms with Crippen molar-refractivity contribution >= 4 is 45.6 Å². The number of amides is 2. The first-order chi connectivity index (χ1) is 19.3. The molecule has 4 aromatic carbocycles. The van der Waals surface area contributed by atoms with Gasteiger partial charge in [0.25, 0.3) is 11.8 Å². The van der Waals surface area contributed by atoms with Crippen LogP contribution in [0.4, 0.5) is 5.69 Å². The van der Waals surface area contributed by atoms with Gasteiger partial charge in [-0.15, -0.1) is 0 Å². The average Bonchev–Trinajstić information content (AvgIpc) is 2.95. The third kappa shape index (κ3) is 7.64. The molecule has 40 heavy (non-hydrogen) atoms. The summed E-state index contributed by atoms with van der Waals surface area (Å²) in [6.45, 7) is 4.14. The summed E-state index contributed by atoms with van der Waals surface area (Å²) in [5, 5.41) is 6.83. The Morgan fingerprint density at radius 1 is 0.800 bits per heavy atom. The third-order valence-electron chi connectivity index (χ3n) is 5.65. The van der Waals surface area contributed by atoms with Gasteiger partial charge in [-0.2, -0.15) is 5.10 Å². The van der Waals surface area contributed by atoms with Crippen LogP contribution in [-0.4, -0.2) is 30.6 Å². The van der Waals surface area contributed by atoms with Crippen molar-refractivity contribution in [1.29, 1.82) is 0 Å². The second-order valence-electron chi connectivity index (χ2n) is 8.63. The van der Waals surface area contributed by atoms with E-state index in [4.69, 9.17) is 9.47 Å². The first-order valence-corrected chi connectivity index (χ1v) is 13.2. The van der Waals surface area contributed by atoms with Crippen molar-refractivity contribution in [1.82, 2.24) is 5.43 Å². The molecule has 202 valence electrons. The van der Waals surface area contributed by atoms with Gasteiger partial charge in [0.2, 0.25) is 0 Å². The number of hydrogen-bond donors (Lipinski definition) is 2. The summed E-state index contributed by atoms with van der Waals surface area (Å²) < 4.78 is 12.0. The smallest absolute Gasteiger partial charge is 0.343 e. The SMILES string of the molecule is CCOc1cc(/C=N\NC(=O)c2ccc(NC(=O)c3ccc(C)cc3)cc2)ccc1OC(=O)c1ccc(Br)cc1. The lowest BCUT2D eigenvalue weighted by Gasteiger charge is -2.11. The van der Waals surface area contributed by atoms with Crippen LogP contribution in [0.15, 0.2) is 101 Å². The molecule has 0 heterocycles. The van der Waals surface area contributed by atoms with E-state index in [-0.39, 0.29) is 11.7 Å². The van der Waals surface area contributed by atoms with Gasteiger partial charge in [-0.3, -0.25) is 9.59 Å². The zero-order valence-electron chi connectivity index (χ0n) is 21.8. The number of nitrogens with one attached hydrogen (secondary N) is 2. The Kier molecular flexibility index (Phi) is 9.43. The quantitative estimate of drug-likeness (QED) is 0.100. The lowest BCUT2D eigenvalue weighted by Crippen LogP contribution is -2.18. The molecule has 9 heteroatoms. The van der Waals surface area contributed by atoms with Crippen LogP contribution in [0, 0.1) is 6.92 Å². The number of hydrazone groups is 1. The Labute approximate surface area is 240 Å². The number of rotatable bonds is 9. The molecule has 0 fully saturated rings. The topological polar surface area (TPSA) is 106 Å². The highest BCUT2D eigenvalue weighted by atomic mass is 79.9. The van der Waals surface area contributed by atoms with Crippen molar-refractivity contribution in [3.8, 4) is 11.5 Å². The van der Waals surface area contributed by atoms with Crippen LogP contribution in [0.3, 0.4) is 0 Å². The van der Waals surface area contributed by atoms with Crippen LogP contribution in [0.2, 0.25) is 0 Å². The van der Waals surface area contributed by atoms with E-state index in [1.165, 1.54) is 6.21 Å². The number of carbonyl (C=O) groups excluding carboxylic acids is 3. The van der Waals surface area contributed by atoms with E-state index in [0.717, 1.165) is 10.0 Å². The van der Waals surface area contributed by atoms with E-state index in [0.29, 0.717) is 40.3 Å². The minimum Gasteiger partial charge on any atom is -0.490 e. The molecule has 4 aromatic rings. The van der Waals surface area contributed by atoms with E-state index < -0.39 is 11.9 Å². The van der Waals surface area contributed by atoms with E-state index in [1.54, 1.807) is 78.9 Å². The molecule has 0 aliphatic rings. The fraction of sp³-hybridized carbons (Fsp3) is 0.0968. The lowest BCUT2D eigenvalue weighted by molar-refractivity contribution is 0.0728. The molecule has 8 nitrogen and oxygen atoms in total. The highest BCUT2D eigenvalue weighted by Crippen LogP contribution is 2.29. The number of anilines is 1. The van der Waals surface area contributed by atoms with Gasteiger partial charge in [-0.05, 0) is 98.3 Å². The van der Waals surface area contributed by atoms with Crippen LogP contribution < -0.4 is 20.2 Å². The number of ether oxygens (including phenoxy) is 2. The molecule has 0 unspecified atom stereocenters. The zero-order chi connectivity index (χ0) is 28.5. The van der Waals surface area contributed by atoms with E-state index in [2.05, 4.69) is 31.8 Å². The second kappa shape index (κ2) is 13.3. The highest BCUT2D eigenvalue weighted by Gasteiger charge is 2.13. The van der Waals surface area contributed by atoms with Crippen molar-refractivity contribution < 1.29 is 23.9 Å². The number of halogens is 1. The molecule has 2 N–H and O–H groups in total. The Balaban J connectivity index is 1.35. The van der Waals surface area contributed by atoms with Gasteiger partial charge in [0.15, 0.2) is 11.5 Å². The molecular formula is C31H26BrN3O5. The predicted octanol–water partition coefficient (Wildman–Crippen LogP) is 6.39. The van der Waals surface area contributed by atoms with Crippen LogP contribution in [0.25, 0.3) is 0 Å². The van der Waals surface area contributed by atoms with E-state index in [9.17, 15) is 14.4 Å². The predicted molar refractivity (Wildman–Crippen MR) is 157 cm³/mol. The average molecular weight is 600 g/mol. The third-order valence-corrected chi connectivity index (χ3v) is 6.18. The molecular weight excluding hydrogens is 574 g/mol. The van der Waals surface area contributed by atoms with Gasteiger partial charge in [-0.1, -0.05) is 33.6 Å². The summed E-state index contributed by atoms with van der Waals surface area (Å²) in [6, 6.07) is 25.5. The van der Waals surface area contributed by atoms with E-state index in [1.807, 2.05) is 26.0 Å².